The van der Waals surface area contributed by atoms with E-state index in [-0.39, 0.29) is 0 Å². The molecule has 0 amide bonds. The van der Waals surface area contributed by atoms with Gasteiger partial charge < -0.3 is 0 Å². The fourth-order valence-corrected chi connectivity index (χ4v) is 2.33. The number of hydrogen-bond acceptors (Lipinski definition) is 2. The SMILES string of the molecule is Cc1cccc2nnc(Cc3cccc(Cl)c3)n12. The van der Waals surface area contributed by atoms with Crippen LogP contribution in [0.2, 0.25) is 5.02 Å². The van der Waals surface area contributed by atoms with E-state index in [4.69, 9.17) is 11.6 Å². The van der Waals surface area contributed by atoms with Crippen molar-refractivity contribution in [3.8, 4) is 0 Å². The standard InChI is InChI=1S/C14H12ClN3/c1-10-4-2-7-13-16-17-14(18(10)13)9-11-5-3-6-12(15)8-11/h2-8H,9H2,1H3. The highest BCUT2D eigenvalue weighted by atomic mass is 35.5. The summed E-state index contributed by atoms with van der Waals surface area (Å²) in [6.07, 6.45) is 0.729. The van der Waals surface area contributed by atoms with Gasteiger partial charge in [-0.3, -0.25) is 4.40 Å². The molecular weight excluding hydrogens is 246 g/mol. The molecule has 2 heterocycles. The minimum Gasteiger partial charge on any atom is -0.283 e. The van der Waals surface area contributed by atoms with Crippen molar-refractivity contribution in [2.24, 2.45) is 0 Å². The molecule has 0 N–H and O–H groups in total. The molecule has 0 saturated carbocycles. The van der Waals surface area contributed by atoms with Gasteiger partial charge in [-0.05, 0) is 36.8 Å². The van der Waals surface area contributed by atoms with E-state index in [0.29, 0.717) is 0 Å². The predicted octanol–water partition coefficient (Wildman–Crippen LogP) is 3.28. The molecule has 0 fully saturated rings. The summed E-state index contributed by atoms with van der Waals surface area (Å²) < 4.78 is 2.07. The molecule has 3 rings (SSSR count). The summed E-state index contributed by atoms with van der Waals surface area (Å²) in [6.45, 7) is 2.05. The Morgan fingerprint density at radius 1 is 1.11 bits per heavy atom. The van der Waals surface area contributed by atoms with E-state index < -0.39 is 0 Å². The quantitative estimate of drug-likeness (QED) is 0.705. The highest BCUT2D eigenvalue weighted by Crippen LogP contribution is 2.15. The summed E-state index contributed by atoms with van der Waals surface area (Å²) in [4.78, 5) is 0. The molecule has 0 radical (unpaired) electrons. The molecule has 3 nitrogen and oxygen atoms in total. The van der Waals surface area contributed by atoms with E-state index in [9.17, 15) is 0 Å². The van der Waals surface area contributed by atoms with Crippen LogP contribution in [0.5, 0.6) is 0 Å². The normalized spacial score (nSPS) is 11.0. The second-order valence-electron chi connectivity index (χ2n) is 4.28. The summed E-state index contributed by atoms with van der Waals surface area (Å²) in [5.41, 5.74) is 3.15. The Kier molecular flexibility index (Phi) is 2.76. The van der Waals surface area contributed by atoms with E-state index in [0.717, 1.165) is 34.2 Å². The van der Waals surface area contributed by atoms with E-state index in [1.54, 1.807) is 0 Å². The number of benzene rings is 1. The highest BCUT2D eigenvalue weighted by molar-refractivity contribution is 6.30. The predicted molar refractivity (Wildman–Crippen MR) is 72.0 cm³/mol. The second kappa shape index (κ2) is 4.42. The first-order chi connectivity index (χ1) is 8.74. The van der Waals surface area contributed by atoms with Crippen LogP contribution in [0.25, 0.3) is 5.65 Å². The molecule has 2 aromatic heterocycles. The van der Waals surface area contributed by atoms with Gasteiger partial charge >= 0.3 is 0 Å². The molecule has 1 aromatic carbocycles. The molecule has 0 unspecified atom stereocenters. The molecule has 90 valence electrons. The van der Waals surface area contributed by atoms with Crippen LogP contribution in [-0.2, 0) is 6.42 Å². The van der Waals surface area contributed by atoms with Crippen LogP contribution in [0.1, 0.15) is 17.1 Å². The Morgan fingerprint density at radius 3 is 2.78 bits per heavy atom. The van der Waals surface area contributed by atoms with Crippen molar-refractivity contribution < 1.29 is 0 Å². The molecule has 3 aromatic rings. The van der Waals surface area contributed by atoms with Gasteiger partial charge in [0.2, 0.25) is 0 Å². The maximum absolute atomic E-state index is 5.99. The number of pyridine rings is 1. The minimum absolute atomic E-state index is 0.729. The lowest BCUT2D eigenvalue weighted by Gasteiger charge is -2.04. The Hall–Kier alpha value is -1.87. The zero-order chi connectivity index (χ0) is 12.5. The van der Waals surface area contributed by atoms with Crippen LogP contribution >= 0.6 is 11.6 Å². The van der Waals surface area contributed by atoms with Crippen molar-refractivity contribution in [3.63, 3.8) is 0 Å². The van der Waals surface area contributed by atoms with Crippen molar-refractivity contribution >= 4 is 17.2 Å². The summed E-state index contributed by atoms with van der Waals surface area (Å²) in [5.74, 6) is 0.936. The fourth-order valence-electron chi connectivity index (χ4n) is 2.11. The van der Waals surface area contributed by atoms with Gasteiger partial charge in [0.25, 0.3) is 0 Å². The first-order valence-corrected chi connectivity index (χ1v) is 6.16. The monoisotopic (exact) mass is 257 g/mol. The number of nitrogens with zero attached hydrogens (tertiary/aromatic N) is 3. The van der Waals surface area contributed by atoms with Gasteiger partial charge in [0.15, 0.2) is 5.65 Å². The van der Waals surface area contributed by atoms with Crippen LogP contribution in [0.15, 0.2) is 42.5 Å². The molecule has 0 aliphatic heterocycles. The molecule has 4 heteroatoms. The van der Waals surface area contributed by atoms with Gasteiger partial charge in [-0.1, -0.05) is 29.8 Å². The number of aromatic nitrogens is 3. The van der Waals surface area contributed by atoms with Crippen molar-refractivity contribution in [2.45, 2.75) is 13.3 Å². The number of halogens is 1. The number of hydrogen-bond donors (Lipinski definition) is 0. The van der Waals surface area contributed by atoms with E-state index >= 15 is 0 Å². The largest absolute Gasteiger partial charge is 0.283 e. The third-order valence-corrected chi connectivity index (χ3v) is 3.18. The van der Waals surface area contributed by atoms with E-state index in [1.165, 1.54) is 0 Å². The summed E-state index contributed by atoms with van der Waals surface area (Å²) >= 11 is 5.99. The van der Waals surface area contributed by atoms with Gasteiger partial charge in [-0.15, -0.1) is 10.2 Å². The van der Waals surface area contributed by atoms with Crippen LogP contribution in [0, 0.1) is 6.92 Å². The average molecular weight is 258 g/mol. The summed E-state index contributed by atoms with van der Waals surface area (Å²) in [5, 5.41) is 9.18. The highest BCUT2D eigenvalue weighted by Gasteiger charge is 2.07. The summed E-state index contributed by atoms with van der Waals surface area (Å²) in [6, 6.07) is 13.8. The van der Waals surface area contributed by atoms with Gasteiger partial charge in [0.05, 0.1) is 0 Å². The molecule has 0 atom stereocenters. The number of aryl methyl sites for hydroxylation is 1. The fraction of sp³-hybridized carbons (Fsp3) is 0.143. The Morgan fingerprint density at radius 2 is 1.94 bits per heavy atom. The number of fused-ring (bicyclic) bond motifs is 1. The molecule has 18 heavy (non-hydrogen) atoms. The van der Waals surface area contributed by atoms with E-state index in [2.05, 4.69) is 27.6 Å². The van der Waals surface area contributed by atoms with Crippen LogP contribution < -0.4 is 0 Å². The van der Waals surface area contributed by atoms with Gasteiger partial charge in [-0.2, -0.15) is 0 Å². The molecule has 0 spiro atoms. The summed E-state index contributed by atoms with van der Waals surface area (Å²) in [7, 11) is 0. The Balaban J connectivity index is 2.05. The van der Waals surface area contributed by atoms with Gasteiger partial charge in [0.1, 0.15) is 5.82 Å². The first-order valence-electron chi connectivity index (χ1n) is 5.78. The number of rotatable bonds is 2. The third kappa shape index (κ3) is 1.97. The molecule has 0 aliphatic rings. The third-order valence-electron chi connectivity index (χ3n) is 2.94. The lowest BCUT2D eigenvalue weighted by atomic mass is 10.1. The van der Waals surface area contributed by atoms with E-state index in [1.807, 2.05) is 36.4 Å². The lowest BCUT2D eigenvalue weighted by Crippen LogP contribution is -1.99. The van der Waals surface area contributed by atoms with Crippen molar-refractivity contribution in [2.75, 3.05) is 0 Å². The zero-order valence-corrected chi connectivity index (χ0v) is 10.7. The Bertz CT molecular complexity index is 703. The van der Waals surface area contributed by atoms with Gasteiger partial charge in [0, 0.05) is 17.1 Å². The maximum Gasteiger partial charge on any atom is 0.160 e. The average Bonchev–Trinajstić information content (AvgIpc) is 2.74. The topological polar surface area (TPSA) is 30.2 Å². The molecule has 0 saturated heterocycles. The van der Waals surface area contributed by atoms with Crippen LogP contribution in [0.3, 0.4) is 0 Å². The van der Waals surface area contributed by atoms with Crippen LogP contribution in [0.4, 0.5) is 0 Å². The minimum atomic E-state index is 0.729. The van der Waals surface area contributed by atoms with Crippen molar-refractivity contribution in [1.29, 1.82) is 0 Å². The first kappa shape index (κ1) is 11.2. The molecule has 0 bridgehead atoms. The molecular formula is C14H12ClN3. The zero-order valence-electron chi connectivity index (χ0n) is 9.97. The smallest absolute Gasteiger partial charge is 0.160 e. The van der Waals surface area contributed by atoms with Crippen molar-refractivity contribution in [3.05, 3.63) is 64.6 Å². The Labute approximate surface area is 110 Å². The lowest BCUT2D eigenvalue weighted by molar-refractivity contribution is 0.915. The van der Waals surface area contributed by atoms with Gasteiger partial charge in [-0.25, -0.2) is 0 Å². The second-order valence-corrected chi connectivity index (χ2v) is 4.72. The molecule has 0 aliphatic carbocycles. The van der Waals surface area contributed by atoms with Crippen LogP contribution in [-0.4, -0.2) is 14.6 Å². The van der Waals surface area contributed by atoms with Crippen molar-refractivity contribution in [1.82, 2.24) is 14.6 Å². The maximum atomic E-state index is 5.99.